The molecule has 0 saturated heterocycles. The molecule has 0 aliphatic heterocycles. The van der Waals surface area contributed by atoms with E-state index in [4.69, 9.17) is 5.73 Å². The molecule has 0 radical (unpaired) electrons. The monoisotopic (exact) mass is 263 g/mol. The van der Waals surface area contributed by atoms with Gasteiger partial charge in [0.15, 0.2) is 0 Å². The number of hydrogen-bond donors (Lipinski definition) is 3. The van der Waals surface area contributed by atoms with Gasteiger partial charge in [-0.3, -0.25) is 9.59 Å². The highest BCUT2D eigenvalue weighted by Crippen LogP contribution is 2.17. The van der Waals surface area contributed by atoms with Crippen LogP contribution in [0.1, 0.15) is 24.8 Å². The molecule has 104 valence electrons. The molecule has 0 bridgehead atoms. The fourth-order valence-electron chi connectivity index (χ4n) is 1.69. The highest BCUT2D eigenvalue weighted by atomic mass is 16.2. The summed E-state index contributed by atoms with van der Waals surface area (Å²) in [5.74, 6) is -0.130. The van der Waals surface area contributed by atoms with Gasteiger partial charge in [0, 0.05) is 6.54 Å². The van der Waals surface area contributed by atoms with E-state index in [-0.39, 0.29) is 24.9 Å². The molecule has 0 spiro atoms. The molecule has 1 aromatic carbocycles. The average molecular weight is 263 g/mol. The highest BCUT2D eigenvalue weighted by Gasteiger charge is 2.06. The van der Waals surface area contributed by atoms with Crippen molar-refractivity contribution in [2.24, 2.45) is 5.73 Å². The van der Waals surface area contributed by atoms with Crippen molar-refractivity contribution < 1.29 is 9.59 Å². The molecule has 0 fully saturated rings. The number of carbonyl (C=O) groups is 2. The molecule has 2 amide bonds. The summed E-state index contributed by atoms with van der Waals surface area (Å²) in [6.07, 6.45) is 0.862. The second kappa shape index (κ2) is 8.26. The Morgan fingerprint density at radius 2 is 1.84 bits per heavy atom. The van der Waals surface area contributed by atoms with Crippen molar-refractivity contribution in [3.8, 4) is 0 Å². The lowest BCUT2D eigenvalue weighted by Gasteiger charge is -2.12. The summed E-state index contributed by atoms with van der Waals surface area (Å²) < 4.78 is 0. The summed E-state index contributed by atoms with van der Waals surface area (Å²) in [7, 11) is 0. The van der Waals surface area contributed by atoms with Crippen molar-refractivity contribution in [3.05, 3.63) is 35.9 Å². The minimum Gasteiger partial charge on any atom is -0.355 e. The molecule has 1 aromatic rings. The first-order valence-electron chi connectivity index (χ1n) is 6.42. The van der Waals surface area contributed by atoms with E-state index in [9.17, 15) is 9.59 Å². The van der Waals surface area contributed by atoms with Crippen molar-refractivity contribution in [1.82, 2.24) is 10.6 Å². The van der Waals surface area contributed by atoms with Crippen LogP contribution in [0.4, 0.5) is 0 Å². The fourth-order valence-corrected chi connectivity index (χ4v) is 1.69. The van der Waals surface area contributed by atoms with Crippen LogP contribution in [0.25, 0.3) is 0 Å². The number of benzene rings is 1. The van der Waals surface area contributed by atoms with Gasteiger partial charge < -0.3 is 16.4 Å². The van der Waals surface area contributed by atoms with Crippen LogP contribution in [0.5, 0.6) is 0 Å². The fraction of sp³-hybridized carbons (Fsp3) is 0.429. The predicted octanol–water partition coefficient (Wildman–Crippen LogP) is 0.371. The molecule has 1 atom stereocenters. The maximum atomic E-state index is 11.4. The molecule has 0 saturated carbocycles. The van der Waals surface area contributed by atoms with Gasteiger partial charge in [0.05, 0.1) is 13.1 Å². The molecule has 1 unspecified atom stereocenters. The number of hydrogen-bond acceptors (Lipinski definition) is 3. The van der Waals surface area contributed by atoms with Gasteiger partial charge in [-0.1, -0.05) is 37.3 Å². The maximum Gasteiger partial charge on any atom is 0.239 e. The van der Waals surface area contributed by atoms with Crippen LogP contribution in [-0.2, 0) is 9.59 Å². The van der Waals surface area contributed by atoms with Crippen LogP contribution in [0, 0.1) is 0 Å². The van der Waals surface area contributed by atoms with Crippen LogP contribution in [0.15, 0.2) is 30.3 Å². The smallest absolute Gasteiger partial charge is 0.239 e. The number of nitrogens with two attached hydrogens (primary N) is 1. The molecule has 5 heteroatoms. The summed E-state index contributed by atoms with van der Waals surface area (Å²) in [4.78, 5) is 22.3. The summed E-state index contributed by atoms with van der Waals surface area (Å²) in [6, 6.07) is 10.2. The Kier molecular flexibility index (Phi) is 6.60. The minimum absolute atomic E-state index is 0.0181. The highest BCUT2D eigenvalue weighted by molar-refractivity contribution is 5.85. The number of nitrogens with one attached hydrogen (secondary N) is 2. The second-order valence-electron chi connectivity index (χ2n) is 4.43. The predicted molar refractivity (Wildman–Crippen MR) is 74.5 cm³/mol. The first-order chi connectivity index (χ1) is 9.13. The molecule has 0 heterocycles. The van der Waals surface area contributed by atoms with Crippen molar-refractivity contribution in [1.29, 1.82) is 0 Å². The van der Waals surface area contributed by atoms with Gasteiger partial charge in [0.25, 0.3) is 0 Å². The molecule has 19 heavy (non-hydrogen) atoms. The number of amides is 2. The van der Waals surface area contributed by atoms with Crippen molar-refractivity contribution in [3.63, 3.8) is 0 Å². The number of carbonyl (C=O) groups excluding carboxylic acids is 2. The van der Waals surface area contributed by atoms with E-state index in [2.05, 4.69) is 29.7 Å². The SMILES string of the molecule is CC(CCNC(=O)CNC(=O)CN)c1ccccc1. The largest absolute Gasteiger partial charge is 0.355 e. The third-order valence-electron chi connectivity index (χ3n) is 2.90. The zero-order chi connectivity index (χ0) is 14.1. The van der Waals surface area contributed by atoms with Crippen molar-refractivity contribution >= 4 is 11.8 Å². The van der Waals surface area contributed by atoms with Gasteiger partial charge in [-0.15, -0.1) is 0 Å². The van der Waals surface area contributed by atoms with Gasteiger partial charge in [0.2, 0.25) is 11.8 Å². The van der Waals surface area contributed by atoms with Crippen LogP contribution in [0.2, 0.25) is 0 Å². The van der Waals surface area contributed by atoms with Gasteiger partial charge in [0.1, 0.15) is 0 Å². The lowest BCUT2D eigenvalue weighted by molar-refractivity contribution is -0.125. The Bertz CT molecular complexity index is 406. The topological polar surface area (TPSA) is 84.2 Å². The normalized spacial score (nSPS) is 11.7. The van der Waals surface area contributed by atoms with Crippen molar-refractivity contribution in [2.75, 3.05) is 19.6 Å². The Morgan fingerprint density at radius 3 is 2.47 bits per heavy atom. The lowest BCUT2D eigenvalue weighted by Crippen LogP contribution is -2.39. The standard InChI is InChI=1S/C14H21N3O2/c1-11(12-5-3-2-4-6-12)7-8-16-14(19)10-17-13(18)9-15/h2-6,11H,7-10,15H2,1H3,(H,16,19)(H,17,18). The Labute approximate surface area is 113 Å². The summed E-state index contributed by atoms with van der Waals surface area (Å²) >= 11 is 0. The van der Waals surface area contributed by atoms with E-state index in [0.29, 0.717) is 12.5 Å². The maximum absolute atomic E-state index is 11.4. The Balaban J connectivity index is 2.19. The van der Waals surface area contributed by atoms with Gasteiger partial charge in [-0.25, -0.2) is 0 Å². The van der Waals surface area contributed by atoms with Gasteiger partial charge in [-0.2, -0.15) is 0 Å². The first-order valence-corrected chi connectivity index (χ1v) is 6.42. The zero-order valence-corrected chi connectivity index (χ0v) is 11.2. The average Bonchev–Trinajstić information content (AvgIpc) is 2.45. The first kappa shape index (κ1) is 15.2. The van der Waals surface area contributed by atoms with Crippen LogP contribution in [0.3, 0.4) is 0 Å². The Morgan fingerprint density at radius 1 is 1.16 bits per heavy atom. The van der Waals surface area contributed by atoms with Crippen LogP contribution in [-0.4, -0.2) is 31.4 Å². The van der Waals surface area contributed by atoms with E-state index in [1.165, 1.54) is 5.56 Å². The van der Waals surface area contributed by atoms with Crippen molar-refractivity contribution in [2.45, 2.75) is 19.3 Å². The van der Waals surface area contributed by atoms with Crippen LogP contribution < -0.4 is 16.4 Å². The minimum atomic E-state index is -0.326. The van der Waals surface area contributed by atoms with Gasteiger partial charge in [-0.05, 0) is 17.9 Å². The van der Waals surface area contributed by atoms with E-state index in [1.54, 1.807) is 0 Å². The molecule has 0 aromatic heterocycles. The third-order valence-corrected chi connectivity index (χ3v) is 2.90. The molecule has 4 N–H and O–H groups in total. The van der Waals surface area contributed by atoms with E-state index >= 15 is 0 Å². The van der Waals surface area contributed by atoms with Crippen LogP contribution >= 0.6 is 0 Å². The molecule has 0 aliphatic rings. The van der Waals surface area contributed by atoms with E-state index < -0.39 is 0 Å². The number of rotatable bonds is 7. The van der Waals surface area contributed by atoms with E-state index in [1.807, 2.05) is 18.2 Å². The molecule has 5 nitrogen and oxygen atoms in total. The second-order valence-corrected chi connectivity index (χ2v) is 4.43. The summed E-state index contributed by atoms with van der Waals surface area (Å²) in [6.45, 7) is 2.60. The molecular weight excluding hydrogens is 242 g/mol. The quantitative estimate of drug-likeness (QED) is 0.664. The Hall–Kier alpha value is -1.88. The van der Waals surface area contributed by atoms with Gasteiger partial charge >= 0.3 is 0 Å². The zero-order valence-electron chi connectivity index (χ0n) is 11.2. The molecule has 1 rings (SSSR count). The third kappa shape index (κ3) is 6.01. The van der Waals surface area contributed by atoms with E-state index in [0.717, 1.165) is 6.42 Å². The lowest BCUT2D eigenvalue weighted by atomic mass is 9.98. The molecular formula is C14H21N3O2. The summed E-state index contributed by atoms with van der Waals surface area (Å²) in [5.41, 5.74) is 6.38. The summed E-state index contributed by atoms with van der Waals surface area (Å²) in [5, 5.41) is 5.19. The molecule has 0 aliphatic carbocycles.